The van der Waals surface area contributed by atoms with Gasteiger partial charge in [0.25, 0.3) is 0 Å². The molecule has 1 heterocycles. The number of aryl methyl sites for hydroxylation is 1. The van der Waals surface area contributed by atoms with Crippen LogP contribution in [0, 0.1) is 5.92 Å². The average Bonchev–Trinajstić information content (AvgIpc) is 2.49. The molecule has 1 amide bonds. The zero-order valence-corrected chi connectivity index (χ0v) is 14.0. The van der Waals surface area contributed by atoms with Crippen molar-refractivity contribution < 1.29 is 9.53 Å². The Morgan fingerprint density at radius 3 is 2.82 bits per heavy atom. The van der Waals surface area contributed by atoms with E-state index in [1.54, 1.807) is 0 Å². The van der Waals surface area contributed by atoms with Crippen LogP contribution in [0.15, 0.2) is 24.3 Å². The normalized spacial score (nSPS) is 21.8. The molecule has 2 rings (SSSR count). The zero-order chi connectivity index (χ0) is 15.9. The van der Waals surface area contributed by atoms with E-state index in [0.29, 0.717) is 19.1 Å². The van der Waals surface area contributed by atoms with Crippen molar-refractivity contribution in [1.29, 1.82) is 0 Å². The monoisotopic (exact) mass is 304 g/mol. The fourth-order valence-electron chi connectivity index (χ4n) is 2.71. The van der Waals surface area contributed by atoms with Gasteiger partial charge in [-0.2, -0.15) is 0 Å². The highest BCUT2D eigenvalue weighted by Gasteiger charge is 2.19. The number of ether oxygens (including phenoxy) is 1. The largest absolute Gasteiger partial charge is 0.491 e. The second-order valence-corrected chi connectivity index (χ2v) is 6.53. The summed E-state index contributed by atoms with van der Waals surface area (Å²) in [6.45, 7) is 6.15. The summed E-state index contributed by atoms with van der Waals surface area (Å²) in [5.41, 5.74) is 1.26. The number of benzene rings is 1. The number of nitrogens with one attached hydrogen (secondary N) is 1. The Balaban J connectivity index is 2.14. The number of fused-ring (bicyclic) bond motifs is 1. The van der Waals surface area contributed by atoms with E-state index in [1.807, 2.05) is 19.2 Å². The maximum Gasteiger partial charge on any atom is 0.234 e. The minimum Gasteiger partial charge on any atom is -0.491 e. The molecule has 0 aromatic heterocycles. The van der Waals surface area contributed by atoms with Gasteiger partial charge in [-0.05, 0) is 50.4 Å². The highest BCUT2D eigenvalue weighted by Crippen LogP contribution is 2.21. The van der Waals surface area contributed by atoms with Crippen molar-refractivity contribution in [2.75, 3.05) is 26.7 Å². The molecule has 1 aliphatic rings. The molecular weight excluding hydrogens is 276 g/mol. The Labute approximate surface area is 133 Å². The highest BCUT2D eigenvalue weighted by molar-refractivity contribution is 5.78. The molecule has 4 heteroatoms. The van der Waals surface area contributed by atoms with Crippen molar-refractivity contribution in [2.45, 2.75) is 39.2 Å². The lowest BCUT2D eigenvalue weighted by Gasteiger charge is -2.24. The van der Waals surface area contributed by atoms with E-state index in [1.165, 1.54) is 5.56 Å². The molecule has 4 nitrogen and oxygen atoms in total. The third kappa shape index (κ3) is 5.02. The number of hydrogen-bond donors (Lipinski definition) is 1. The van der Waals surface area contributed by atoms with Crippen molar-refractivity contribution >= 4 is 5.91 Å². The van der Waals surface area contributed by atoms with Crippen molar-refractivity contribution in [3.8, 4) is 5.75 Å². The number of nitrogens with zero attached hydrogens (tertiary/aromatic N) is 1. The van der Waals surface area contributed by atoms with E-state index in [-0.39, 0.29) is 11.9 Å². The van der Waals surface area contributed by atoms with Gasteiger partial charge in [-0.3, -0.25) is 9.69 Å². The number of likely N-dealkylation sites (N-methyl/N-ethyl adjacent to an activating group) is 1. The maximum absolute atomic E-state index is 12.1. The summed E-state index contributed by atoms with van der Waals surface area (Å²) >= 11 is 0. The Hall–Kier alpha value is -1.55. The quantitative estimate of drug-likeness (QED) is 0.866. The lowest BCUT2D eigenvalue weighted by Crippen LogP contribution is -2.46. The predicted octanol–water partition coefficient (Wildman–Crippen LogP) is 2.47. The lowest BCUT2D eigenvalue weighted by atomic mass is 10.0. The summed E-state index contributed by atoms with van der Waals surface area (Å²) in [6.07, 6.45) is 3.23. The van der Waals surface area contributed by atoms with Crippen LogP contribution in [0.4, 0.5) is 0 Å². The SMILES string of the molecule is CC(C)[C@H]1COc2ccccc2CCCCN(C)CC(=O)N1. The number of rotatable bonds is 1. The molecule has 0 spiro atoms. The van der Waals surface area contributed by atoms with Gasteiger partial charge >= 0.3 is 0 Å². The van der Waals surface area contributed by atoms with Crippen LogP contribution >= 0.6 is 0 Å². The van der Waals surface area contributed by atoms with Gasteiger partial charge in [0, 0.05) is 0 Å². The van der Waals surface area contributed by atoms with Crippen molar-refractivity contribution in [2.24, 2.45) is 5.92 Å². The Kier molecular flexibility index (Phi) is 6.25. The molecule has 0 unspecified atom stereocenters. The molecule has 1 aliphatic heterocycles. The molecule has 1 aromatic carbocycles. The molecule has 0 aliphatic carbocycles. The van der Waals surface area contributed by atoms with E-state index in [2.05, 4.69) is 36.2 Å². The molecule has 0 saturated carbocycles. The van der Waals surface area contributed by atoms with Crippen LogP contribution < -0.4 is 10.1 Å². The van der Waals surface area contributed by atoms with Crippen molar-refractivity contribution in [3.05, 3.63) is 29.8 Å². The van der Waals surface area contributed by atoms with Gasteiger partial charge in [0.15, 0.2) is 0 Å². The number of amides is 1. The number of para-hydroxylation sites is 1. The molecule has 0 radical (unpaired) electrons. The second kappa shape index (κ2) is 8.18. The molecule has 122 valence electrons. The molecule has 1 aromatic rings. The van der Waals surface area contributed by atoms with Gasteiger partial charge in [-0.25, -0.2) is 0 Å². The maximum atomic E-state index is 12.1. The minimum absolute atomic E-state index is 0.0368. The first kappa shape index (κ1) is 16.8. The van der Waals surface area contributed by atoms with Gasteiger partial charge in [-0.1, -0.05) is 32.0 Å². The smallest absolute Gasteiger partial charge is 0.234 e. The molecule has 1 atom stereocenters. The molecule has 22 heavy (non-hydrogen) atoms. The molecular formula is C18H28N2O2. The van der Waals surface area contributed by atoms with Gasteiger partial charge in [0.2, 0.25) is 5.91 Å². The van der Waals surface area contributed by atoms with Crippen LogP contribution in [-0.4, -0.2) is 43.6 Å². The second-order valence-electron chi connectivity index (χ2n) is 6.53. The fourth-order valence-corrected chi connectivity index (χ4v) is 2.71. The molecule has 0 bridgehead atoms. The first-order valence-electron chi connectivity index (χ1n) is 8.25. The van der Waals surface area contributed by atoms with Crippen LogP contribution in [0.1, 0.15) is 32.3 Å². The summed E-state index contributed by atoms with van der Waals surface area (Å²) < 4.78 is 6.02. The third-order valence-electron chi connectivity index (χ3n) is 4.19. The topological polar surface area (TPSA) is 41.6 Å². The summed E-state index contributed by atoms with van der Waals surface area (Å²) in [5.74, 6) is 1.37. The standard InChI is InChI=1S/C18H28N2O2/c1-14(2)16-13-22-17-10-5-4-8-15(17)9-6-7-11-20(3)12-18(21)19-16/h4-5,8,10,14,16H,6-7,9,11-13H2,1-3H3,(H,19,21)/t16-/m1/s1. The predicted molar refractivity (Wildman–Crippen MR) is 89.1 cm³/mol. The zero-order valence-electron chi connectivity index (χ0n) is 14.0. The average molecular weight is 304 g/mol. The van der Waals surface area contributed by atoms with Crippen LogP contribution in [0.3, 0.4) is 0 Å². The first-order chi connectivity index (χ1) is 10.6. The highest BCUT2D eigenvalue weighted by atomic mass is 16.5. The Morgan fingerprint density at radius 2 is 2.05 bits per heavy atom. The summed E-state index contributed by atoms with van der Waals surface area (Å²) in [7, 11) is 2.01. The number of carbonyl (C=O) groups is 1. The third-order valence-corrected chi connectivity index (χ3v) is 4.19. The fraction of sp³-hybridized carbons (Fsp3) is 0.611. The molecule has 0 saturated heterocycles. The number of carbonyl (C=O) groups excluding carboxylic acids is 1. The van der Waals surface area contributed by atoms with E-state index >= 15 is 0 Å². The Morgan fingerprint density at radius 1 is 1.27 bits per heavy atom. The van der Waals surface area contributed by atoms with E-state index in [4.69, 9.17) is 4.74 Å². The van der Waals surface area contributed by atoms with Crippen LogP contribution in [0.5, 0.6) is 5.75 Å². The van der Waals surface area contributed by atoms with Gasteiger partial charge < -0.3 is 10.1 Å². The lowest BCUT2D eigenvalue weighted by molar-refractivity contribution is -0.123. The van der Waals surface area contributed by atoms with Gasteiger partial charge in [-0.15, -0.1) is 0 Å². The summed E-state index contributed by atoms with van der Waals surface area (Å²) in [4.78, 5) is 14.2. The van der Waals surface area contributed by atoms with E-state index in [9.17, 15) is 4.79 Å². The van der Waals surface area contributed by atoms with E-state index in [0.717, 1.165) is 31.6 Å². The van der Waals surface area contributed by atoms with E-state index < -0.39 is 0 Å². The van der Waals surface area contributed by atoms with Crippen molar-refractivity contribution in [3.63, 3.8) is 0 Å². The van der Waals surface area contributed by atoms with Crippen LogP contribution in [0.2, 0.25) is 0 Å². The molecule has 1 N–H and O–H groups in total. The van der Waals surface area contributed by atoms with Gasteiger partial charge in [0.1, 0.15) is 12.4 Å². The van der Waals surface area contributed by atoms with Gasteiger partial charge in [0.05, 0.1) is 12.6 Å². The first-order valence-corrected chi connectivity index (χ1v) is 8.25. The number of hydrogen-bond acceptors (Lipinski definition) is 3. The Bertz CT molecular complexity index is 488. The van der Waals surface area contributed by atoms with Crippen LogP contribution in [-0.2, 0) is 11.2 Å². The van der Waals surface area contributed by atoms with Crippen LogP contribution in [0.25, 0.3) is 0 Å². The molecule has 0 fully saturated rings. The van der Waals surface area contributed by atoms with Crippen molar-refractivity contribution in [1.82, 2.24) is 10.2 Å². The summed E-state index contributed by atoms with van der Waals surface area (Å²) in [5, 5.41) is 3.11. The summed E-state index contributed by atoms with van der Waals surface area (Å²) in [6, 6.07) is 8.28. The minimum atomic E-state index is 0.0368.